The molecule has 10 nitrogen and oxygen atoms in total. The fraction of sp³-hybridized carbons (Fsp3) is 0.200. The summed E-state index contributed by atoms with van der Waals surface area (Å²) in [5.74, 6) is -3.46. The molecule has 0 saturated carbocycles. The first kappa shape index (κ1) is 27.7. The Balaban J connectivity index is 1.43. The fourth-order valence-corrected chi connectivity index (χ4v) is 4.43. The number of fused-ring (bicyclic) bond motifs is 1. The zero-order chi connectivity index (χ0) is 29.5. The molecule has 1 fully saturated rings. The van der Waals surface area contributed by atoms with Crippen LogP contribution in [0.4, 0.5) is 48.3 Å². The minimum atomic E-state index is -4.80. The molecule has 5 rings (SSSR count). The van der Waals surface area contributed by atoms with E-state index in [0.717, 1.165) is 6.07 Å². The summed E-state index contributed by atoms with van der Waals surface area (Å²) in [4.78, 5) is 29.9. The van der Waals surface area contributed by atoms with Crippen molar-refractivity contribution in [1.29, 1.82) is 0 Å². The molecule has 3 amide bonds. The molecule has 2 aromatic carbocycles. The van der Waals surface area contributed by atoms with Gasteiger partial charge in [0.15, 0.2) is 5.82 Å². The smallest absolute Gasteiger partial charge is 0.382 e. The van der Waals surface area contributed by atoms with Crippen molar-refractivity contribution in [3.8, 4) is 11.1 Å². The maximum absolute atomic E-state index is 15.3. The van der Waals surface area contributed by atoms with E-state index in [0.29, 0.717) is 43.0 Å². The van der Waals surface area contributed by atoms with E-state index < -0.39 is 46.6 Å². The molecule has 214 valence electrons. The summed E-state index contributed by atoms with van der Waals surface area (Å²) in [7, 11) is 0. The Morgan fingerprint density at radius 2 is 1.73 bits per heavy atom. The fourth-order valence-electron chi connectivity index (χ4n) is 4.43. The molecule has 0 unspecified atom stereocenters. The van der Waals surface area contributed by atoms with E-state index >= 15 is 8.78 Å². The quantitative estimate of drug-likeness (QED) is 0.265. The summed E-state index contributed by atoms with van der Waals surface area (Å²) >= 11 is 0. The summed E-state index contributed by atoms with van der Waals surface area (Å²) in [5.41, 5.74) is 3.92. The number of benzene rings is 2. The van der Waals surface area contributed by atoms with E-state index in [9.17, 15) is 27.2 Å². The molecule has 0 bridgehead atoms. The zero-order valence-corrected chi connectivity index (χ0v) is 20.8. The Morgan fingerprint density at radius 3 is 2.44 bits per heavy atom. The number of carbonyl (C=O) groups excluding carboxylic acids is 2. The third kappa shape index (κ3) is 5.72. The highest BCUT2D eigenvalue weighted by atomic mass is 19.4. The van der Waals surface area contributed by atoms with Crippen molar-refractivity contribution >= 4 is 34.6 Å². The van der Waals surface area contributed by atoms with Gasteiger partial charge in [0, 0.05) is 36.8 Å². The van der Waals surface area contributed by atoms with Crippen LogP contribution in [0.1, 0.15) is 11.3 Å². The lowest BCUT2D eigenvalue weighted by molar-refractivity contribution is -0.137. The number of nitrogens with two attached hydrogens (primary N) is 1. The first-order valence-corrected chi connectivity index (χ1v) is 11.9. The molecular formula is C25H20F6N8O2. The predicted octanol–water partition coefficient (Wildman–Crippen LogP) is 3.99. The largest absolute Gasteiger partial charge is 0.416 e. The highest BCUT2D eigenvalue weighted by Gasteiger charge is 2.31. The molecule has 1 saturated heterocycles. The van der Waals surface area contributed by atoms with Crippen LogP contribution < -0.4 is 21.7 Å². The van der Waals surface area contributed by atoms with Gasteiger partial charge in [-0.25, -0.2) is 27.5 Å². The zero-order valence-electron chi connectivity index (χ0n) is 20.8. The van der Waals surface area contributed by atoms with Gasteiger partial charge in [-0.15, -0.1) is 0 Å². The summed E-state index contributed by atoms with van der Waals surface area (Å²) in [6.45, 7) is 1.35. The molecule has 0 aliphatic carbocycles. The van der Waals surface area contributed by atoms with Crippen molar-refractivity contribution in [3.05, 3.63) is 71.4 Å². The Morgan fingerprint density at radius 1 is 1.00 bits per heavy atom. The number of aromatic nitrogens is 3. The van der Waals surface area contributed by atoms with Gasteiger partial charge >= 0.3 is 12.2 Å². The highest BCUT2D eigenvalue weighted by Crippen LogP contribution is 2.35. The van der Waals surface area contributed by atoms with Crippen LogP contribution >= 0.6 is 0 Å². The number of amides is 3. The molecule has 2 aromatic heterocycles. The predicted molar refractivity (Wildman–Crippen MR) is 135 cm³/mol. The van der Waals surface area contributed by atoms with Crippen LogP contribution in [0.3, 0.4) is 0 Å². The standard InChI is InChI=1S/C25H20F6N8O2/c26-16-2-1-12(25(29,30)31)5-19(16)36-24(41)37-20-8-17(27)14(7-18(20)28)15-6-13(9-38-4-3-33-21(40)10-38)39-22(15)23(32)34-11-35-39/h1-2,5-8,11H,3-4,9-10H2,(H,33,40)(H2,32,34,35)(H2,36,37,41). The first-order chi connectivity index (χ1) is 19.4. The van der Waals surface area contributed by atoms with Crippen molar-refractivity contribution in [2.24, 2.45) is 0 Å². The molecule has 3 heterocycles. The lowest BCUT2D eigenvalue weighted by atomic mass is 10.0. The minimum Gasteiger partial charge on any atom is -0.382 e. The third-order valence-corrected chi connectivity index (χ3v) is 6.30. The second kappa shape index (κ2) is 10.6. The highest BCUT2D eigenvalue weighted by molar-refractivity contribution is 6.00. The Kier molecular flexibility index (Phi) is 7.17. The van der Waals surface area contributed by atoms with E-state index in [2.05, 4.69) is 15.4 Å². The maximum atomic E-state index is 15.3. The number of piperazine rings is 1. The summed E-state index contributed by atoms with van der Waals surface area (Å²) in [6.07, 6.45) is -3.61. The maximum Gasteiger partial charge on any atom is 0.416 e. The number of nitrogen functional groups attached to an aromatic ring is 1. The molecule has 4 aromatic rings. The molecule has 0 radical (unpaired) electrons. The number of anilines is 3. The lowest BCUT2D eigenvalue weighted by Gasteiger charge is -2.25. The third-order valence-electron chi connectivity index (χ3n) is 6.30. The van der Waals surface area contributed by atoms with Crippen LogP contribution in [0.2, 0.25) is 0 Å². The topological polar surface area (TPSA) is 130 Å². The minimum absolute atomic E-state index is 0.0258. The second-order valence-corrected chi connectivity index (χ2v) is 9.10. The van der Waals surface area contributed by atoms with Gasteiger partial charge in [0.05, 0.1) is 29.2 Å². The van der Waals surface area contributed by atoms with Crippen LogP contribution in [0, 0.1) is 17.5 Å². The number of nitrogens with zero attached hydrogens (tertiary/aromatic N) is 4. The number of halogens is 6. The van der Waals surface area contributed by atoms with Crippen LogP contribution in [0.25, 0.3) is 16.6 Å². The summed E-state index contributed by atoms with van der Waals surface area (Å²) in [6, 6.07) is 3.03. The molecule has 1 aliphatic rings. The average Bonchev–Trinajstić information content (AvgIpc) is 3.26. The average molecular weight is 578 g/mol. The molecule has 0 atom stereocenters. The molecule has 41 heavy (non-hydrogen) atoms. The van der Waals surface area contributed by atoms with E-state index in [1.807, 2.05) is 15.5 Å². The molecular weight excluding hydrogens is 558 g/mol. The number of alkyl halides is 3. The van der Waals surface area contributed by atoms with Gasteiger partial charge in [0.1, 0.15) is 29.3 Å². The van der Waals surface area contributed by atoms with Crippen LogP contribution in [-0.2, 0) is 17.5 Å². The van der Waals surface area contributed by atoms with Gasteiger partial charge in [-0.05, 0) is 30.3 Å². The Labute approximate surface area is 227 Å². The van der Waals surface area contributed by atoms with Gasteiger partial charge in [0.2, 0.25) is 5.91 Å². The Bertz CT molecular complexity index is 1670. The van der Waals surface area contributed by atoms with Gasteiger partial charge in [-0.1, -0.05) is 0 Å². The molecule has 5 N–H and O–H groups in total. The number of rotatable bonds is 5. The second-order valence-electron chi connectivity index (χ2n) is 9.10. The van der Waals surface area contributed by atoms with Crippen molar-refractivity contribution in [3.63, 3.8) is 0 Å². The van der Waals surface area contributed by atoms with Crippen molar-refractivity contribution < 1.29 is 35.9 Å². The van der Waals surface area contributed by atoms with Crippen LogP contribution in [-0.4, -0.2) is 51.1 Å². The van der Waals surface area contributed by atoms with Crippen molar-refractivity contribution in [1.82, 2.24) is 24.8 Å². The van der Waals surface area contributed by atoms with E-state index in [1.165, 1.54) is 16.9 Å². The van der Waals surface area contributed by atoms with Gasteiger partial charge in [0.25, 0.3) is 0 Å². The SMILES string of the molecule is Nc1ncnn2c(CN3CCNC(=O)C3)cc(-c3cc(F)c(NC(=O)Nc4cc(C(F)(F)F)ccc4F)cc3F)c12. The van der Waals surface area contributed by atoms with Crippen molar-refractivity contribution in [2.75, 3.05) is 36.0 Å². The van der Waals surface area contributed by atoms with Gasteiger partial charge in [-0.2, -0.15) is 18.3 Å². The van der Waals surface area contributed by atoms with Gasteiger partial charge in [-0.3, -0.25) is 9.69 Å². The lowest BCUT2D eigenvalue weighted by Crippen LogP contribution is -2.47. The number of hydrogen-bond acceptors (Lipinski definition) is 6. The van der Waals surface area contributed by atoms with E-state index in [4.69, 9.17) is 5.73 Å². The van der Waals surface area contributed by atoms with Crippen LogP contribution in [0.5, 0.6) is 0 Å². The molecule has 0 spiro atoms. The van der Waals surface area contributed by atoms with E-state index in [-0.39, 0.29) is 41.5 Å². The first-order valence-electron chi connectivity index (χ1n) is 11.9. The van der Waals surface area contributed by atoms with Crippen LogP contribution in [0.15, 0.2) is 42.7 Å². The van der Waals surface area contributed by atoms with E-state index in [1.54, 1.807) is 0 Å². The molecule has 16 heteroatoms. The Hall–Kier alpha value is -4.86. The normalized spacial score (nSPS) is 14.2. The summed E-state index contributed by atoms with van der Waals surface area (Å²) < 4.78 is 84.6. The number of urea groups is 1. The molecule has 1 aliphatic heterocycles. The number of carbonyl (C=O) groups is 2. The van der Waals surface area contributed by atoms with Gasteiger partial charge < -0.3 is 21.7 Å². The van der Waals surface area contributed by atoms with Crippen molar-refractivity contribution in [2.45, 2.75) is 12.7 Å². The number of hydrogen-bond donors (Lipinski definition) is 4. The number of nitrogens with one attached hydrogen (secondary N) is 3. The summed E-state index contributed by atoms with van der Waals surface area (Å²) in [5, 5.41) is 10.7. The monoisotopic (exact) mass is 578 g/mol.